The third-order valence-electron chi connectivity index (χ3n) is 5.25. The van der Waals surface area contributed by atoms with Crippen molar-refractivity contribution < 1.29 is 0 Å². The van der Waals surface area contributed by atoms with E-state index in [9.17, 15) is 0 Å². The second kappa shape index (κ2) is 9.59. The van der Waals surface area contributed by atoms with Crippen molar-refractivity contribution in [1.29, 1.82) is 0 Å². The molecular formula is C19H32IN5. The maximum Gasteiger partial charge on any atom is 0.194 e. The molecule has 1 aliphatic carbocycles. The Bertz CT molecular complexity index is 561. The first-order valence-corrected chi connectivity index (χ1v) is 9.34. The third kappa shape index (κ3) is 5.21. The summed E-state index contributed by atoms with van der Waals surface area (Å²) in [6, 6.07) is 6.15. The minimum Gasteiger partial charge on any atom is -0.363 e. The maximum absolute atomic E-state index is 4.87. The third-order valence-corrected chi connectivity index (χ3v) is 5.25. The van der Waals surface area contributed by atoms with Gasteiger partial charge in [-0.15, -0.1) is 24.0 Å². The number of hydrogen-bond acceptors (Lipinski definition) is 3. The number of aliphatic imine (C=N–C) groups is 1. The van der Waals surface area contributed by atoms with Crippen molar-refractivity contribution in [2.24, 2.45) is 16.8 Å². The van der Waals surface area contributed by atoms with Gasteiger partial charge in [-0.3, -0.25) is 0 Å². The minimum atomic E-state index is 0. The van der Waals surface area contributed by atoms with E-state index in [0.717, 1.165) is 35.9 Å². The van der Waals surface area contributed by atoms with Crippen LogP contribution in [0.1, 0.15) is 38.3 Å². The number of halogens is 1. The van der Waals surface area contributed by atoms with E-state index in [1.54, 1.807) is 0 Å². The quantitative estimate of drug-likeness (QED) is 0.428. The molecule has 6 heteroatoms. The topological polar surface area (TPSA) is 43.8 Å². The van der Waals surface area contributed by atoms with Crippen molar-refractivity contribution in [3.63, 3.8) is 0 Å². The number of likely N-dealkylation sites (tertiary alicyclic amines) is 1. The summed E-state index contributed by atoms with van der Waals surface area (Å²) < 4.78 is 0. The molecule has 1 aromatic heterocycles. The number of anilines is 1. The molecule has 140 valence electrons. The normalized spacial score (nSPS) is 23.0. The van der Waals surface area contributed by atoms with Gasteiger partial charge in [-0.05, 0) is 43.7 Å². The number of rotatable bonds is 4. The number of nitrogens with one attached hydrogen (secondary N) is 1. The largest absolute Gasteiger partial charge is 0.363 e. The van der Waals surface area contributed by atoms with E-state index in [-0.39, 0.29) is 24.0 Å². The molecule has 2 fully saturated rings. The Morgan fingerprint density at radius 1 is 1.24 bits per heavy atom. The van der Waals surface area contributed by atoms with Gasteiger partial charge in [0.05, 0.1) is 12.2 Å². The second-order valence-corrected chi connectivity index (χ2v) is 7.26. The Kier molecular flexibility index (Phi) is 7.78. The van der Waals surface area contributed by atoms with Crippen molar-refractivity contribution in [3.8, 4) is 0 Å². The molecule has 2 unspecified atom stereocenters. The first-order valence-electron chi connectivity index (χ1n) is 9.34. The van der Waals surface area contributed by atoms with Gasteiger partial charge < -0.3 is 15.1 Å². The second-order valence-electron chi connectivity index (χ2n) is 7.26. The summed E-state index contributed by atoms with van der Waals surface area (Å²) in [4.78, 5) is 14.1. The van der Waals surface area contributed by atoms with Crippen molar-refractivity contribution in [2.75, 3.05) is 38.6 Å². The monoisotopic (exact) mass is 457 g/mol. The molecule has 0 radical (unpaired) electrons. The van der Waals surface area contributed by atoms with Crippen LogP contribution in [0.3, 0.4) is 0 Å². The van der Waals surface area contributed by atoms with E-state index in [2.05, 4.69) is 34.3 Å². The fourth-order valence-electron chi connectivity index (χ4n) is 3.96. The molecule has 0 bridgehead atoms. The molecule has 2 heterocycles. The number of guanidine groups is 1. The summed E-state index contributed by atoms with van der Waals surface area (Å²) in [6.45, 7) is 6.03. The Labute approximate surface area is 169 Å². The van der Waals surface area contributed by atoms with Crippen LogP contribution >= 0.6 is 24.0 Å². The number of nitrogens with zero attached hydrogens (tertiary/aromatic N) is 4. The molecule has 1 saturated carbocycles. The fraction of sp³-hybridized carbons (Fsp3) is 0.684. The molecule has 1 saturated heterocycles. The number of fused-ring (bicyclic) bond motifs is 1. The SMILES string of the molecule is CCNC(=NCc1cccc(N(C)C)n1)N1CC2CCCCC2C1.I. The lowest BCUT2D eigenvalue weighted by molar-refractivity contribution is 0.299. The Morgan fingerprint density at radius 2 is 1.92 bits per heavy atom. The van der Waals surface area contributed by atoms with Crippen LogP contribution < -0.4 is 10.2 Å². The summed E-state index contributed by atoms with van der Waals surface area (Å²) in [5.74, 6) is 3.79. The Morgan fingerprint density at radius 3 is 2.52 bits per heavy atom. The van der Waals surface area contributed by atoms with Crippen LogP contribution in [-0.4, -0.2) is 49.6 Å². The molecule has 3 rings (SSSR count). The molecule has 0 aromatic carbocycles. The van der Waals surface area contributed by atoms with Gasteiger partial charge in [0.15, 0.2) is 5.96 Å². The average molecular weight is 457 g/mol. The lowest BCUT2D eigenvalue weighted by atomic mass is 9.82. The zero-order chi connectivity index (χ0) is 16.9. The highest BCUT2D eigenvalue weighted by Crippen LogP contribution is 2.35. The zero-order valence-corrected chi connectivity index (χ0v) is 18.1. The van der Waals surface area contributed by atoms with Crippen LogP contribution in [0, 0.1) is 11.8 Å². The van der Waals surface area contributed by atoms with Gasteiger partial charge in [-0.1, -0.05) is 18.9 Å². The predicted molar refractivity (Wildman–Crippen MR) is 116 cm³/mol. The first-order chi connectivity index (χ1) is 11.7. The van der Waals surface area contributed by atoms with Crippen LogP contribution in [0.2, 0.25) is 0 Å². The standard InChI is InChI=1S/C19H31N5.HI/c1-4-20-19(24-13-15-8-5-6-9-16(15)14-24)21-12-17-10-7-11-18(22-17)23(2)3;/h7,10-11,15-16H,4-6,8-9,12-14H2,1-3H3,(H,20,21);1H. The van der Waals surface area contributed by atoms with Crippen molar-refractivity contribution >= 4 is 35.8 Å². The van der Waals surface area contributed by atoms with Crippen molar-refractivity contribution in [1.82, 2.24) is 15.2 Å². The highest BCUT2D eigenvalue weighted by molar-refractivity contribution is 14.0. The van der Waals surface area contributed by atoms with Crippen LogP contribution in [-0.2, 0) is 6.54 Å². The van der Waals surface area contributed by atoms with E-state index < -0.39 is 0 Å². The fourth-order valence-corrected chi connectivity index (χ4v) is 3.96. The van der Waals surface area contributed by atoms with Crippen LogP contribution in [0.4, 0.5) is 5.82 Å². The average Bonchev–Trinajstić information content (AvgIpc) is 3.02. The van der Waals surface area contributed by atoms with Gasteiger partial charge in [0, 0.05) is 33.7 Å². The van der Waals surface area contributed by atoms with Gasteiger partial charge in [0.2, 0.25) is 0 Å². The lowest BCUT2D eigenvalue weighted by Gasteiger charge is -2.22. The van der Waals surface area contributed by atoms with Crippen molar-refractivity contribution in [3.05, 3.63) is 23.9 Å². The molecule has 25 heavy (non-hydrogen) atoms. The van der Waals surface area contributed by atoms with Gasteiger partial charge in [-0.25, -0.2) is 9.98 Å². The Balaban J connectivity index is 0.00000225. The van der Waals surface area contributed by atoms with Gasteiger partial charge >= 0.3 is 0 Å². The molecule has 1 aromatic rings. The van der Waals surface area contributed by atoms with E-state index in [4.69, 9.17) is 4.99 Å². The summed E-state index contributed by atoms with van der Waals surface area (Å²) in [6.07, 6.45) is 5.61. The zero-order valence-electron chi connectivity index (χ0n) is 15.7. The number of pyridine rings is 1. The smallest absolute Gasteiger partial charge is 0.194 e. The van der Waals surface area contributed by atoms with Gasteiger partial charge in [0.1, 0.15) is 5.82 Å². The van der Waals surface area contributed by atoms with E-state index in [0.29, 0.717) is 6.54 Å². The maximum atomic E-state index is 4.87. The molecule has 5 nitrogen and oxygen atoms in total. The van der Waals surface area contributed by atoms with Crippen LogP contribution in [0.25, 0.3) is 0 Å². The molecular weight excluding hydrogens is 425 g/mol. The predicted octanol–water partition coefficient (Wildman–Crippen LogP) is 3.35. The molecule has 1 aliphatic heterocycles. The molecule has 1 N–H and O–H groups in total. The molecule has 0 amide bonds. The molecule has 0 spiro atoms. The van der Waals surface area contributed by atoms with Gasteiger partial charge in [-0.2, -0.15) is 0 Å². The lowest BCUT2D eigenvalue weighted by Crippen LogP contribution is -2.40. The summed E-state index contributed by atoms with van der Waals surface area (Å²) in [7, 11) is 4.04. The number of aromatic nitrogens is 1. The highest BCUT2D eigenvalue weighted by atomic mass is 127. The van der Waals surface area contributed by atoms with Gasteiger partial charge in [0.25, 0.3) is 0 Å². The summed E-state index contributed by atoms with van der Waals surface area (Å²) >= 11 is 0. The summed E-state index contributed by atoms with van der Waals surface area (Å²) in [5, 5.41) is 3.48. The number of hydrogen-bond donors (Lipinski definition) is 1. The first kappa shape index (κ1) is 20.3. The van der Waals surface area contributed by atoms with E-state index >= 15 is 0 Å². The van der Waals surface area contributed by atoms with Crippen molar-refractivity contribution in [2.45, 2.75) is 39.2 Å². The summed E-state index contributed by atoms with van der Waals surface area (Å²) in [5.41, 5.74) is 1.02. The van der Waals surface area contributed by atoms with E-state index in [1.165, 1.54) is 38.8 Å². The van der Waals surface area contributed by atoms with Crippen LogP contribution in [0.5, 0.6) is 0 Å². The minimum absolute atomic E-state index is 0. The van der Waals surface area contributed by atoms with E-state index in [1.807, 2.05) is 25.1 Å². The molecule has 2 atom stereocenters. The molecule has 2 aliphatic rings. The van der Waals surface area contributed by atoms with Crippen LogP contribution in [0.15, 0.2) is 23.2 Å². The Hall–Kier alpha value is -1.05. The highest BCUT2D eigenvalue weighted by Gasteiger charge is 2.35.